The molecule has 0 saturated carbocycles. The van der Waals surface area contributed by atoms with Crippen molar-refractivity contribution < 1.29 is 18.3 Å². The van der Waals surface area contributed by atoms with Crippen LogP contribution in [0, 0.1) is 19.7 Å². The minimum atomic E-state index is -0.335. The van der Waals surface area contributed by atoms with Gasteiger partial charge in [0.05, 0.1) is 5.75 Å². The molecule has 2 aromatic carbocycles. The number of ketones is 1. The van der Waals surface area contributed by atoms with Crippen molar-refractivity contribution in [2.75, 3.05) is 5.75 Å². The van der Waals surface area contributed by atoms with Crippen molar-refractivity contribution in [1.82, 2.24) is 14.8 Å². The molecule has 0 amide bonds. The van der Waals surface area contributed by atoms with Gasteiger partial charge in [-0.2, -0.15) is 0 Å². The van der Waals surface area contributed by atoms with Gasteiger partial charge in [-0.15, -0.1) is 10.2 Å². The first-order valence-electron chi connectivity index (χ1n) is 9.62. The summed E-state index contributed by atoms with van der Waals surface area (Å²) in [6.45, 7) is 3.98. The van der Waals surface area contributed by atoms with E-state index < -0.39 is 0 Å². The maximum absolute atomic E-state index is 12.9. The van der Waals surface area contributed by atoms with E-state index in [0.29, 0.717) is 16.5 Å². The molecule has 0 spiro atoms. The van der Waals surface area contributed by atoms with Crippen molar-refractivity contribution in [3.8, 4) is 11.4 Å². The molecule has 31 heavy (non-hydrogen) atoms. The van der Waals surface area contributed by atoms with Gasteiger partial charge in [0.25, 0.3) is 11.1 Å². The summed E-state index contributed by atoms with van der Waals surface area (Å²) in [7, 11) is 0. The molecule has 0 unspecified atom stereocenters. The molecule has 0 aliphatic rings. The highest BCUT2D eigenvalue weighted by molar-refractivity contribution is 7.99. The van der Waals surface area contributed by atoms with Crippen molar-refractivity contribution in [3.05, 3.63) is 89.3 Å². The number of hydrogen-bond donors (Lipinski definition) is 0. The number of halogens is 1. The lowest BCUT2D eigenvalue weighted by Crippen LogP contribution is -2.05. The Morgan fingerprint density at radius 1 is 1.10 bits per heavy atom. The smallest absolute Gasteiger partial charge is 0.277 e. The number of carbonyl (C=O) groups excluding carboxylic acids is 1. The highest BCUT2D eigenvalue weighted by atomic mass is 32.2. The summed E-state index contributed by atoms with van der Waals surface area (Å²) < 4.78 is 26.0. The number of aromatic nitrogens is 3. The minimum absolute atomic E-state index is 0.0115. The monoisotopic (exact) mass is 437 g/mol. The van der Waals surface area contributed by atoms with Gasteiger partial charge in [0, 0.05) is 22.6 Å². The SMILES string of the molecule is Cc1cc(C(=O)CSc2nnc(COc3ccc(F)cc3)o2)c(C)n1-c1ccccc1. The number of carbonyl (C=O) groups is 1. The lowest BCUT2D eigenvalue weighted by molar-refractivity contribution is 0.102. The van der Waals surface area contributed by atoms with Crippen LogP contribution in [0.2, 0.25) is 0 Å². The summed E-state index contributed by atoms with van der Waals surface area (Å²) in [5.41, 5.74) is 3.59. The van der Waals surface area contributed by atoms with Gasteiger partial charge in [0.2, 0.25) is 0 Å². The molecule has 0 saturated heterocycles. The highest BCUT2D eigenvalue weighted by Gasteiger charge is 2.18. The number of hydrogen-bond acceptors (Lipinski definition) is 6. The zero-order chi connectivity index (χ0) is 21.8. The first-order valence-corrected chi connectivity index (χ1v) is 10.6. The molecule has 158 valence electrons. The van der Waals surface area contributed by atoms with E-state index in [0.717, 1.165) is 17.1 Å². The Morgan fingerprint density at radius 3 is 2.58 bits per heavy atom. The number of aryl methyl sites for hydroxylation is 1. The number of para-hydroxylation sites is 1. The Kier molecular flexibility index (Phi) is 6.18. The third-order valence-electron chi connectivity index (χ3n) is 4.70. The molecule has 0 fully saturated rings. The van der Waals surface area contributed by atoms with E-state index in [1.807, 2.05) is 50.2 Å². The molecule has 4 rings (SSSR count). The third kappa shape index (κ3) is 4.86. The van der Waals surface area contributed by atoms with Crippen LogP contribution < -0.4 is 4.74 Å². The molecule has 0 aliphatic heterocycles. The van der Waals surface area contributed by atoms with Crippen molar-refractivity contribution in [1.29, 1.82) is 0 Å². The lowest BCUT2D eigenvalue weighted by Gasteiger charge is -2.09. The van der Waals surface area contributed by atoms with Gasteiger partial charge in [-0.05, 0) is 56.3 Å². The van der Waals surface area contributed by atoms with E-state index in [-0.39, 0.29) is 29.9 Å². The van der Waals surface area contributed by atoms with Gasteiger partial charge in [-0.3, -0.25) is 4.79 Å². The first kappa shape index (κ1) is 20.9. The Hall–Kier alpha value is -3.39. The molecule has 0 N–H and O–H groups in total. The molecular weight excluding hydrogens is 417 g/mol. The maximum atomic E-state index is 12.9. The molecule has 0 radical (unpaired) electrons. The van der Waals surface area contributed by atoms with Crippen LogP contribution in [0.5, 0.6) is 5.75 Å². The second-order valence-electron chi connectivity index (χ2n) is 6.87. The number of rotatable bonds is 8. The molecule has 2 heterocycles. The van der Waals surface area contributed by atoms with Gasteiger partial charge in [-0.25, -0.2) is 4.39 Å². The molecular formula is C23H20FN3O3S. The Labute approximate surface area is 183 Å². The zero-order valence-electron chi connectivity index (χ0n) is 17.0. The van der Waals surface area contributed by atoms with Crippen LogP contribution in [0.1, 0.15) is 27.6 Å². The maximum Gasteiger partial charge on any atom is 0.277 e. The van der Waals surface area contributed by atoms with Gasteiger partial charge in [0.1, 0.15) is 11.6 Å². The largest absolute Gasteiger partial charge is 0.484 e. The van der Waals surface area contributed by atoms with Gasteiger partial charge in [-0.1, -0.05) is 30.0 Å². The zero-order valence-corrected chi connectivity index (χ0v) is 17.9. The number of nitrogens with zero attached hydrogens (tertiary/aromatic N) is 3. The van der Waals surface area contributed by atoms with Crippen LogP contribution >= 0.6 is 11.8 Å². The van der Waals surface area contributed by atoms with E-state index in [2.05, 4.69) is 14.8 Å². The third-order valence-corrected chi connectivity index (χ3v) is 5.52. The summed E-state index contributed by atoms with van der Waals surface area (Å²) in [5.74, 6) is 0.611. The van der Waals surface area contributed by atoms with E-state index in [9.17, 15) is 9.18 Å². The summed E-state index contributed by atoms with van der Waals surface area (Å²) in [6, 6.07) is 17.5. The fourth-order valence-corrected chi connectivity index (χ4v) is 3.92. The molecule has 6 nitrogen and oxygen atoms in total. The second-order valence-corrected chi connectivity index (χ2v) is 7.80. The Bertz CT molecular complexity index is 1190. The molecule has 4 aromatic rings. The van der Waals surface area contributed by atoms with Crippen molar-refractivity contribution in [2.45, 2.75) is 25.7 Å². The first-order chi connectivity index (χ1) is 15.0. The number of benzene rings is 2. The van der Waals surface area contributed by atoms with Gasteiger partial charge < -0.3 is 13.7 Å². The van der Waals surface area contributed by atoms with E-state index in [4.69, 9.17) is 9.15 Å². The van der Waals surface area contributed by atoms with Crippen molar-refractivity contribution >= 4 is 17.5 Å². The second kappa shape index (κ2) is 9.18. The van der Waals surface area contributed by atoms with E-state index in [1.165, 1.54) is 36.0 Å². The standard InChI is InChI=1S/C23H20FN3O3S/c1-15-12-20(16(2)27(15)18-6-4-3-5-7-18)21(28)14-31-23-26-25-22(30-23)13-29-19-10-8-17(24)9-11-19/h3-12H,13-14H2,1-2H3. The van der Waals surface area contributed by atoms with Crippen LogP contribution in [0.3, 0.4) is 0 Å². The van der Waals surface area contributed by atoms with E-state index >= 15 is 0 Å². The van der Waals surface area contributed by atoms with Crippen LogP contribution in [-0.2, 0) is 6.61 Å². The Morgan fingerprint density at radius 2 is 1.84 bits per heavy atom. The number of thioether (sulfide) groups is 1. The molecule has 8 heteroatoms. The van der Waals surface area contributed by atoms with E-state index in [1.54, 1.807) is 0 Å². The molecule has 0 aliphatic carbocycles. The average Bonchev–Trinajstić information content (AvgIpc) is 3.36. The van der Waals surface area contributed by atoms with Gasteiger partial charge in [0.15, 0.2) is 12.4 Å². The summed E-state index contributed by atoms with van der Waals surface area (Å²) in [5, 5.41) is 8.17. The summed E-state index contributed by atoms with van der Waals surface area (Å²) in [4.78, 5) is 12.8. The number of Topliss-reactive ketones (excluding diaryl/α,β-unsaturated/α-hetero) is 1. The van der Waals surface area contributed by atoms with Crippen molar-refractivity contribution in [3.63, 3.8) is 0 Å². The molecule has 2 aromatic heterocycles. The van der Waals surface area contributed by atoms with Crippen molar-refractivity contribution in [2.24, 2.45) is 0 Å². The molecule has 0 bridgehead atoms. The normalized spacial score (nSPS) is 10.9. The molecule has 0 atom stereocenters. The van der Waals surface area contributed by atoms with Gasteiger partial charge >= 0.3 is 0 Å². The predicted octanol–water partition coefficient (Wildman–Crippen LogP) is 5.17. The van der Waals surface area contributed by atoms with Crippen LogP contribution in [0.4, 0.5) is 4.39 Å². The Balaban J connectivity index is 1.37. The quantitative estimate of drug-likeness (QED) is 0.280. The minimum Gasteiger partial charge on any atom is -0.484 e. The highest BCUT2D eigenvalue weighted by Crippen LogP contribution is 2.24. The lowest BCUT2D eigenvalue weighted by atomic mass is 10.2. The summed E-state index contributed by atoms with van der Waals surface area (Å²) in [6.07, 6.45) is 0. The van der Waals surface area contributed by atoms with Crippen LogP contribution in [0.25, 0.3) is 5.69 Å². The number of ether oxygens (including phenoxy) is 1. The van der Waals surface area contributed by atoms with Crippen LogP contribution in [-0.4, -0.2) is 26.3 Å². The predicted molar refractivity (Wildman–Crippen MR) is 115 cm³/mol. The fraction of sp³-hybridized carbons (Fsp3) is 0.174. The average molecular weight is 437 g/mol. The van der Waals surface area contributed by atoms with Crippen LogP contribution in [0.15, 0.2) is 70.3 Å². The summed E-state index contributed by atoms with van der Waals surface area (Å²) >= 11 is 1.18. The topological polar surface area (TPSA) is 70.2 Å². The fourth-order valence-electron chi connectivity index (χ4n) is 3.26.